The first-order chi connectivity index (χ1) is 22.9. The van der Waals surface area contributed by atoms with Crippen LogP contribution in [-0.2, 0) is 39.9 Å². The summed E-state index contributed by atoms with van der Waals surface area (Å²) in [4.78, 5) is 34.9. The molecule has 2 saturated carbocycles. The fourth-order valence-corrected chi connectivity index (χ4v) is 8.89. The fraction of sp³-hybridized carbons (Fsp3) is 0.730. The zero-order valence-corrected chi connectivity index (χ0v) is 27.9. The third-order valence-corrected chi connectivity index (χ3v) is 11.4. The van der Waals surface area contributed by atoms with Crippen molar-refractivity contribution in [2.75, 3.05) is 13.2 Å². The van der Waals surface area contributed by atoms with Crippen molar-refractivity contribution in [1.82, 2.24) is 10.4 Å². The SMILES string of the molecule is CCCCCC1(CCCCC)O[C@@H]2[C@H]3ON(Cc4ccccc4C=CC4CCC5OC5C4)[C@H]4C(=O)OC(CC34C(=O)NCCO)[C@@H]2O1. The minimum absolute atomic E-state index is 0.0879. The van der Waals surface area contributed by atoms with Gasteiger partial charge < -0.3 is 29.4 Å². The van der Waals surface area contributed by atoms with E-state index in [1.165, 1.54) is 0 Å². The first-order valence-electron chi connectivity index (χ1n) is 18.2. The van der Waals surface area contributed by atoms with Crippen LogP contribution in [0.4, 0.5) is 0 Å². The molecule has 4 saturated heterocycles. The molecule has 47 heavy (non-hydrogen) atoms. The minimum Gasteiger partial charge on any atom is -0.458 e. The van der Waals surface area contributed by atoms with E-state index in [0.29, 0.717) is 24.7 Å². The summed E-state index contributed by atoms with van der Waals surface area (Å²) in [5, 5.41) is 14.1. The number of hydrogen-bond acceptors (Lipinski definition) is 9. The number of nitrogens with one attached hydrogen (secondary N) is 1. The maximum Gasteiger partial charge on any atom is 0.327 e. The zero-order valence-electron chi connectivity index (χ0n) is 27.9. The molecule has 10 nitrogen and oxygen atoms in total. The molecule has 7 rings (SSSR count). The molecule has 5 unspecified atom stereocenters. The van der Waals surface area contributed by atoms with Crippen molar-refractivity contribution >= 4 is 18.0 Å². The molecule has 2 bridgehead atoms. The number of fused-ring (bicyclic) bond motifs is 5. The molecule has 0 aromatic heterocycles. The fourth-order valence-electron chi connectivity index (χ4n) is 8.89. The third-order valence-electron chi connectivity index (χ3n) is 11.4. The summed E-state index contributed by atoms with van der Waals surface area (Å²) >= 11 is 0. The number of amides is 1. The van der Waals surface area contributed by atoms with Crippen molar-refractivity contribution in [3.63, 3.8) is 0 Å². The van der Waals surface area contributed by atoms with Gasteiger partial charge in [-0.05, 0) is 49.1 Å². The number of nitrogens with zero attached hydrogens (tertiary/aromatic N) is 1. The summed E-state index contributed by atoms with van der Waals surface area (Å²) in [6, 6.07) is 7.18. The number of allylic oxidation sites excluding steroid dienone is 1. The van der Waals surface area contributed by atoms with E-state index in [1.807, 2.05) is 18.2 Å². The highest BCUT2D eigenvalue weighted by molar-refractivity contribution is 5.93. The van der Waals surface area contributed by atoms with Crippen molar-refractivity contribution in [3.05, 3.63) is 41.5 Å². The van der Waals surface area contributed by atoms with Gasteiger partial charge in [0, 0.05) is 25.8 Å². The number of epoxide rings is 1. The van der Waals surface area contributed by atoms with Crippen LogP contribution >= 0.6 is 0 Å². The molecule has 6 aliphatic rings. The highest BCUT2D eigenvalue weighted by atomic mass is 16.8. The van der Waals surface area contributed by atoms with E-state index in [4.69, 9.17) is 23.8 Å². The summed E-state index contributed by atoms with van der Waals surface area (Å²) in [5.74, 6) is -1.12. The summed E-state index contributed by atoms with van der Waals surface area (Å²) in [6.07, 6.45) is 14.2. The van der Waals surface area contributed by atoms with E-state index in [2.05, 4.69) is 37.4 Å². The molecular formula is C37H52N2O8. The number of esters is 1. The quantitative estimate of drug-likeness (QED) is 0.156. The number of carbonyl (C=O) groups excluding carboxylic acids is 2. The highest BCUT2D eigenvalue weighted by Crippen LogP contribution is 2.58. The van der Waals surface area contributed by atoms with Crippen molar-refractivity contribution in [2.24, 2.45) is 11.3 Å². The van der Waals surface area contributed by atoms with Crippen LogP contribution in [0.25, 0.3) is 6.08 Å². The molecule has 0 radical (unpaired) electrons. The third kappa shape index (κ3) is 6.30. The van der Waals surface area contributed by atoms with Gasteiger partial charge in [-0.15, -0.1) is 0 Å². The number of ether oxygens (including phenoxy) is 4. The molecule has 2 N–H and O–H groups in total. The van der Waals surface area contributed by atoms with Crippen molar-refractivity contribution < 1.29 is 38.5 Å². The van der Waals surface area contributed by atoms with Crippen molar-refractivity contribution in [2.45, 2.75) is 146 Å². The van der Waals surface area contributed by atoms with Gasteiger partial charge in [0.05, 0.1) is 25.4 Å². The Balaban J connectivity index is 1.18. The second kappa shape index (κ2) is 13.9. The Morgan fingerprint density at radius 1 is 1.02 bits per heavy atom. The van der Waals surface area contributed by atoms with Crippen molar-refractivity contribution in [3.8, 4) is 0 Å². The first kappa shape index (κ1) is 33.2. The Labute approximate surface area is 278 Å². The number of carbonyl (C=O) groups is 2. The van der Waals surface area contributed by atoms with Gasteiger partial charge in [-0.1, -0.05) is 75.9 Å². The van der Waals surface area contributed by atoms with Gasteiger partial charge in [-0.25, -0.2) is 0 Å². The number of rotatable bonds is 15. The molecule has 4 aliphatic heterocycles. The standard InChI is InChI=1S/C37H52N2O8/c1-3-5-9-17-36(18-10-6-4-2)45-30-29-22-37(35(42)38-19-20-40)32(34(41)44-29)39(47-33(37)31(30)46-36)23-26-12-8-7-11-25(26)15-13-24-14-16-27-28(21-24)43-27/h7-8,11-13,15,24,27-33,40H,3-6,9-10,14,16-23H2,1-2H3,(H,38,42)/t24?,27?,28?,29?,30-,31-,32-,33+,37?/m0/s1. The molecule has 1 aromatic rings. The van der Waals surface area contributed by atoms with Crippen LogP contribution in [0.1, 0.15) is 102 Å². The monoisotopic (exact) mass is 652 g/mol. The lowest BCUT2D eigenvalue weighted by Gasteiger charge is -2.48. The summed E-state index contributed by atoms with van der Waals surface area (Å²) in [5.41, 5.74) is 0.805. The molecule has 10 heteroatoms. The predicted octanol–water partition coefficient (Wildman–Crippen LogP) is 4.82. The van der Waals surface area contributed by atoms with Crippen LogP contribution in [0.15, 0.2) is 30.3 Å². The summed E-state index contributed by atoms with van der Waals surface area (Å²) < 4.78 is 25.7. The first-order valence-corrected chi connectivity index (χ1v) is 18.2. The molecule has 6 fully saturated rings. The smallest absolute Gasteiger partial charge is 0.327 e. The molecular weight excluding hydrogens is 600 g/mol. The normalized spacial score (nSPS) is 36.6. The zero-order chi connectivity index (χ0) is 32.6. The number of benzene rings is 1. The lowest BCUT2D eigenvalue weighted by Crippen LogP contribution is -2.69. The second-order valence-corrected chi connectivity index (χ2v) is 14.5. The average Bonchev–Trinajstić information content (AvgIpc) is 3.62. The van der Waals surface area contributed by atoms with E-state index >= 15 is 0 Å². The Kier molecular flexibility index (Phi) is 9.80. The van der Waals surface area contributed by atoms with Crippen LogP contribution in [0, 0.1) is 11.3 Å². The molecule has 258 valence electrons. The number of aliphatic hydroxyl groups is 1. The van der Waals surface area contributed by atoms with Crippen LogP contribution in [-0.4, -0.2) is 83.7 Å². The number of hydroxylamine groups is 2. The Bertz CT molecular complexity index is 1310. The average molecular weight is 653 g/mol. The molecule has 2 aliphatic carbocycles. The van der Waals surface area contributed by atoms with Gasteiger partial charge in [0.25, 0.3) is 0 Å². The summed E-state index contributed by atoms with van der Waals surface area (Å²) in [7, 11) is 0. The number of hydrogen-bond donors (Lipinski definition) is 2. The second-order valence-electron chi connectivity index (χ2n) is 14.5. The minimum atomic E-state index is -1.24. The van der Waals surface area contributed by atoms with E-state index in [0.717, 1.165) is 81.8 Å². The van der Waals surface area contributed by atoms with Crippen LogP contribution in [0.2, 0.25) is 0 Å². The van der Waals surface area contributed by atoms with Gasteiger partial charge in [0.15, 0.2) is 11.8 Å². The van der Waals surface area contributed by atoms with Crippen LogP contribution in [0.5, 0.6) is 0 Å². The Morgan fingerprint density at radius 2 is 1.79 bits per heavy atom. The molecule has 1 amide bonds. The highest BCUT2D eigenvalue weighted by Gasteiger charge is 2.76. The van der Waals surface area contributed by atoms with E-state index in [1.54, 1.807) is 5.06 Å². The van der Waals surface area contributed by atoms with Crippen LogP contribution < -0.4 is 5.32 Å². The Morgan fingerprint density at radius 3 is 2.53 bits per heavy atom. The molecule has 4 heterocycles. The van der Waals surface area contributed by atoms with Gasteiger partial charge in [0.2, 0.25) is 5.91 Å². The largest absolute Gasteiger partial charge is 0.458 e. The van der Waals surface area contributed by atoms with E-state index < -0.39 is 47.6 Å². The molecule has 9 atom stereocenters. The maximum absolute atomic E-state index is 14.2. The van der Waals surface area contributed by atoms with E-state index in [9.17, 15) is 14.7 Å². The summed E-state index contributed by atoms with van der Waals surface area (Å²) in [6.45, 7) is 4.54. The Hall–Kier alpha value is -2.34. The molecule has 1 aromatic carbocycles. The lowest BCUT2D eigenvalue weighted by atomic mass is 9.62. The lowest BCUT2D eigenvalue weighted by molar-refractivity contribution is -0.224. The number of aliphatic hydroxyl groups excluding tert-OH is 1. The maximum atomic E-state index is 14.2. The van der Waals surface area contributed by atoms with E-state index in [-0.39, 0.29) is 25.5 Å². The van der Waals surface area contributed by atoms with Gasteiger partial charge >= 0.3 is 5.97 Å². The van der Waals surface area contributed by atoms with Crippen LogP contribution in [0.3, 0.4) is 0 Å². The molecule has 0 spiro atoms. The predicted molar refractivity (Wildman–Crippen MR) is 173 cm³/mol. The van der Waals surface area contributed by atoms with Gasteiger partial charge in [0.1, 0.15) is 29.8 Å². The van der Waals surface area contributed by atoms with Gasteiger partial charge in [-0.2, -0.15) is 5.06 Å². The number of unbranched alkanes of at least 4 members (excludes halogenated alkanes) is 4. The van der Waals surface area contributed by atoms with Crippen molar-refractivity contribution in [1.29, 1.82) is 0 Å². The topological polar surface area (TPSA) is 119 Å². The van der Waals surface area contributed by atoms with Gasteiger partial charge in [-0.3, -0.25) is 14.4 Å².